The van der Waals surface area contributed by atoms with Crippen molar-refractivity contribution in [2.75, 3.05) is 6.67 Å². The van der Waals surface area contributed by atoms with Crippen molar-refractivity contribution in [2.24, 2.45) is 0 Å². The van der Waals surface area contributed by atoms with Gasteiger partial charge in [-0.3, -0.25) is 4.39 Å². The second-order valence-electron chi connectivity index (χ2n) is 3.25. The Bertz CT molecular complexity index is 434. The molecular formula is C11H11F2N. The summed E-state index contributed by atoms with van der Waals surface area (Å²) in [6.45, 7) is 0.326. The molecule has 2 aromatic rings. The van der Waals surface area contributed by atoms with Crippen molar-refractivity contribution in [1.82, 2.24) is 4.57 Å². The lowest BCUT2D eigenvalue weighted by atomic mass is 10.2. The van der Waals surface area contributed by atoms with E-state index in [1.807, 2.05) is 16.8 Å². The second kappa shape index (κ2) is 3.78. The summed E-state index contributed by atoms with van der Waals surface area (Å²) in [5.41, 5.74) is 0.958. The minimum atomic E-state index is -0.319. The van der Waals surface area contributed by atoms with Gasteiger partial charge in [-0.2, -0.15) is 0 Å². The molecule has 0 saturated heterocycles. The van der Waals surface area contributed by atoms with Crippen LogP contribution in [0.3, 0.4) is 0 Å². The first-order chi connectivity index (χ1) is 6.81. The average Bonchev–Trinajstić information content (AvgIpc) is 2.57. The second-order valence-corrected chi connectivity index (χ2v) is 3.25. The van der Waals surface area contributed by atoms with Crippen LogP contribution in [0.25, 0.3) is 10.9 Å². The number of aromatic nitrogens is 1. The molecular weight excluding hydrogens is 184 g/mol. The molecule has 0 aliphatic carbocycles. The first-order valence-electron chi connectivity index (χ1n) is 4.61. The number of hydrogen-bond acceptors (Lipinski definition) is 0. The van der Waals surface area contributed by atoms with Crippen LogP contribution in [0, 0.1) is 5.82 Å². The van der Waals surface area contributed by atoms with Crippen LogP contribution in [0.4, 0.5) is 8.78 Å². The highest BCUT2D eigenvalue weighted by atomic mass is 19.1. The molecule has 74 valence electrons. The Morgan fingerprint density at radius 2 is 2.07 bits per heavy atom. The molecule has 0 spiro atoms. The van der Waals surface area contributed by atoms with E-state index in [0.717, 1.165) is 10.9 Å². The third-order valence-corrected chi connectivity index (χ3v) is 2.27. The summed E-state index contributed by atoms with van der Waals surface area (Å²) in [6, 6.07) is 6.48. The van der Waals surface area contributed by atoms with Gasteiger partial charge in [-0.1, -0.05) is 0 Å². The van der Waals surface area contributed by atoms with E-state index in [4.69, 9.17) is 0 Å². The zero-order valence-electron chi connectivity index (χ0n) is 7.71. The highest BCUT2D eigenvalue weighted by molar-refractivity contribution is 5.80. The van der Waals surface area contributed by atoms with Crippen LogP contribution in [0.15, 0.2) is 30.5 Å². The Morgan fingerprint density at radius 3 is 2.86 bits per heavy atom. The first kappa shape index (κ1) is 9.19. The number of nitrogens with zero attached hydrogens (tertiary/aromatic N) is 1. The maximum atomic E-state index is 12.8. The van der Waals surface area contributed by atoms with Gasteiger partial charge < -0.3 is 4.57 Å². The van der Waals surface area contributed by atoms with Gasteiger partial charge in [0.25, 0.3) is 0 Å². The van der Waals surface area contributed by atoms with E-state index in [9.17, 15) is 8.78 Å². The van der Waals surface area contributed by atoms with E-state index < -0.39 is 0 Å². The fourth-order valence-corrected chi connectivity index (χ4v) is 1.60. The van der Waals surface area contributed by atoms with Gasteiger partial charge in [-0.25, -0.2) is 4.39 Å². The lowest BCUT2D eigenvalue weighted by Gasteiger charge is -2.02. The standard InChI is InChI=1S/C11H11F2N/c12-5-1-6-14-7-4-9-8-10(13)2-3-11(9)14/h2-4,7-8H,1,5-6H2. The van der Waals surface area contributed by atoms with Crippen molar-refractivity contribution >= 4 is 10.9 Å². The summed E-state index contributed by atoms with van der Waals surface area (Å²) in [5, 5.41) is 0.865. The molecule has 0 aliphatic rings. The zero-order valence-corrected chi connectivity index (χ0v) is 7.71. The van der Waals surface area contributed by atoms with E-state index in [1.165, 1.54) is 12.1 Å². The summed E-state index contributed by atoms with van der Waals surface area (Å²) in [4.78, 5) is 0. The highest BCUT2D eigenvalue weighted by Crippen LogP contribution is 2.17. The quantitative estimate of drug-likeness (QED) is 0.709. The summed E-state index contributed by atoms with van der Waals surface area (Å²) in [7, 11) is 0. The molecule has 1 nitrogen and oxygen atoms in total. The van der Waals surface area contributed by atoms with E-state index in [-0.39, 0.29) is 12.5 Å². The van der Waals surface area contributed by atoms with Crippen molar-refractivity contribution in [3.05, 3.63) is 36.3 Å². The first-order valence-corrected chi connectivity index (χ1v) is 4.61. The number of hydrogen-bond donors (Lipinski definition) is 0. The third kappa shape index (κ3) is 1.62. The smallest absolute Gasteiger partial charge is 0.123 e. The van der Waals surface area contributed by atoms with Crippen molar-refractivity contribution in [3.8, 4) is 0 Å². The molecule has 0 N–H and O–H groups in total. The molecule has 0 bridgehead atoms. The van der Waals surface area contributed by atoms with E-state index >= 15 is 0 Å². The molecule has 2 rings (SSSR count). The molecule has 0 unspecified atom stereocenters. The lowest BCUT2D eigenvalue weighted by molar-refractivity contribution is 0.450. The molecule has 0 saturated carbocycles. The molecule has 1 aromatic heterocycles. The lowest BCUT2D eigenvalue weighted by Crippen LogP contribution is -1.96. The van der Waals surface area contributed by atoms with Crippen LogP contribution in [0.2, 0.25) is 0 Å². The average molecular weight is 195 g/mol. The SMILES string of the molecule is FCCCn1ccc2cc(F)ccc21. The van der Waals surface area contributed by atoms with Crippen molar-refractivity contribution in [2.45, 2.75) is 13.0 Å². The number of fused-ring (bicyclic) bond motifs is 1. The molecule has 14 heavy (non-hydrogen) atoms. The summed E-state index contributed by atoms with van der Waals surface area (Å²) in [5.74, 6) is -0.235. The maximum absolute atomic E-state index is 12.8. The van der Waals surface area contributed by atoms with Crippen molar-refractivity contribution in [3.63, 3.8) is 0 Å². The molecule has 3 heteroatoms. The predicted octanol–water partition coefficient (Wildman–Crippen LogP) is 3.14. The summed E-state index contributed by atoms with van der Waals surface area (Å²) >= 11 is 0. The van der Waals surface area contributed by atoms with Crippen molar-refractivity contribution < 1.29 is 8.78 Å². The number of alkyl halides is 1. The fraction of sp³-hybridized carbons (Fsp3) is 0.273. The van der Waals surface area contributed by atoms with Gasteiger partial charge in [0.1, 0.15) is 5.82 Å². The van der Waals surface area contributed by atoms with E-state index in [1.54, 1.807) is 6.07 Å². The van der Waals surface area contributed by atoms with Crippen LogP contribution < -0.4 is 0 Å². The van der Waals surface area contributed by atoms with Crippen molar-refractivity contribution in [1.29, 1.82) is 0 Å². The minimum absolute atomic E-state index is 0.235. The Morgan fingerprint density at radius 1 is 1.21 bits per heavy atom. The highest BCUT2D eigenvalue weighted by Gasteiger charge is 2.01. The monoisotopic (exact) mass is 195 g/mol. The number of aryl methyl sites for hydroxylation is 1. The maximum Gasteiger partial charge on any atom is 0.123 e. The normalized spacial score (nSPS) is 11.0. The third-order valence-electron chi connectivity index (χ3n) is 2.27. The Hall–Kier alpha value is -1.38. The van der Waals surface area contributed by atoms with Gasteiger partial charge in [0.2, 0.25) is 0 Å². The topological polar surface area (TPSA) is 4.93 Å². The van der Waals surface area contributed by atoms with Gasteiger partial charge in [0, 0.05) is 23.6 Å². The van der Waals surface area contributed by atoms with Gasteiger partial charge in [-0.15, -0.1) is 0 Å². The van der Waals surface area contributed by atoms with E-state index in [0.29, 0.717) is 13.0 Å². The molecule has 0 fully saturated rings. The Labute approximate surface area is 81.0 Å². The van der Waals surface area contributed by atoms with Gasteiger partial charge in [0.15, 0.2) is 0 Å². The van der Waals surface area contributed by atoms with Gasteiger partial charge in [0.05, 0.1) is 6.67 Å². The Kier molecular flexibility index (Phi) is 2.48. The molecule has 1 heterocycles. The minimum Gasteiger partial charge on any atom is -0.347 e. The van der Waals surface area contributed by atoms with Crippen LogP contribution in [0.5, 0.6) is 0 Å². The molecule has 1 aromatic carbocycles. The molecule has 0 amide bonds. The summed E-state index contributed by atoms with van der Waals surface area (Å²) < 4.78 is 26.7. The number of rotatable bonds is 3. The van der Waals surface area contributed by atoms with Gasteiger partial charge in [-0.05, 0) is 30.7 Å². The Balaban J connectivity index is 2.37. The number of halogens is 2. The van der Waals surface area contributed by atoms with E-state index in [2.05, 4.69) is 0 Å². The largest absolute Gasteiger partial charge is 0.347 e. The zero-order chi connectivity index (χ0) is 9.97. The molecule has 0 radical (unpaired) electrons. The van der Waals surface area contributed by atoms with Crippen LogP contribution in [0.1, 0.15) is 6.42 Å². The van der Waals surface area contributed by atoms with Crippen LogP contribution >= 0.6 is 0 Å². The molecule has 0 atom stereocenters. The van der Waals surface area contributed by atoms with Gasteiger partial charge >= 0.3 is 0 Å². The van der Waals surface area contributed by atoms with Crippen LogP contribution in [-0.4, -0.2) is 11.2 Å². The van der Waals surface area contributed by atoms with Crippen LogP contribution in [-0.2, 0) is 6.54 Å². The number of benzene rings is 1. The summed E-state index contributed by atoms with van der Waals surface area (Å²) in [6.07, 6.45) is 2.36. The molecule has 0 aliphatic heterocycles. The fourth-order valence-electron chi connectivity index (χ4n) is 1.60. The predicted molar refractivity (Wildman–Crippen MR) is 52.5 cm³/mol.